The van der Waals surface area contributed by atoms with Crippen molar-refractivity contribution < 1.29 is 24.5 Å². The summed E-state index contributed by atoms with van der Waals surface area (Å²) in [5.41, 5.74) is 0. The van der Waals surface area contributed by atoms with Crippen LogP contribution in [0.1, 0.15) is 418 Å². The van der Waals surface area contributed by atoms with E-state index >= 15 is 0 Å². The molecule has 0 bridgehead atoms. The van der Waals surface area contributed by atoms with Crippen LogP contribution in [-0.4, -0.2) is 47.4 Å². The Morgan fingerprint density at radius 3 is 0.916 bits per heavy atom. The van der Waals surface area contributed by atoms with Crippen LogP contribution in [0.25, 0.3) is 0 Å². The summed E-state index contributed by atoms with van der Waals surface area (Å²) >= 11 is 0. The predicted molar refractivity (Wildman–Crippen MR) is 366 cm³/mol. The van der Waals surface area contributed by atoms with Gasteiger partial charge in [0.15, 0.2) is 0 Å². The number of nitrogens with one attached hydrogen (secondary N) is 1. The second kappa shape index (κ2) is 72.6. The zero-order valence-electron chi connectivity index (χ0n) is 56.2. The highest BCUT2D eigenvalue weighted by molar-refractivity contribution is 5.76. The van der Waals surface area contributed by atoms with Gasteiger partial charge in [0.1, 0.15) is 0 Å². The van der Waals surface area contributed by atoms with Crippen molar-refractivity contribution in [3.05, 3.63) is 36.5 Å². The maximum atomic E-state index is 12.5. The Morgan fingerprint density at radius 1 is 0.337 bits per heavy atom. The molecule has 0 aliphatic rings. The van der Waals surface area contributed by atoms with Crippen LogP contribution in [0.5, 0.6) is 0 Å². The van der Waals surface area contributed by atoms with E-state index in [0.29, 0.717) is 19.4 Å². The molecule has 2 unspecified atom stereocenters. The first-order valence-electron chi connectivity index (χ1n) is 37.8. The van der Waals surface area contributed by atoms with E-state index in [4.69, 9.17) is 4.74 Å². The monoisotopic (exact) mass is 1170 g/mol. The average Bonchev–Trinajstić information content (AvgIpc) is 3.49. The Labute approximate surface area is 519 Å². The molecular weight excluding hydrogens is 1020 g/mol. The van der Waals surface area contributed by atoms with E-state index in [1.54, 1.807) is 6.08 Å². The number of carbonyl (C=O) groups is 2. The zero-order valence-corrected chi connectivity index (χ0v) is 56.2. The molecule has 0 aliphatic carbocycles. The van der Waals surface area contributed by atoms with Gasteiger partial charge in [-0.1, -0.05) is 378 Å². The molecule has 0 rings (SSSR count). The van der Waals surface area contributed by atoms with Crippen LogP contribution in [0.4, 0.5) is 0 Å². The van der Waals surface area contributed by atoms with Gasteiger partial charge in [0.05, 0.1) is 25.4 Å². The van der Waals surface area contributed by atoms with Gasteiger partial charge in [0.2, 0.25) is 5.91 Å². The van der Waals surface area contributed by atoms with Gasteiger partial charge in [-0.05, 0) is 64.2 Å². The third-order valence-corrected chi connectivity index (χ3v) is 17.7. The summed E-state index contributed by atoms with van der Waals surface area (Å²) in [6.07, 6.45) is 93.8. The molecule has 490 valence electrons. The standard InChI is InChI=1S/C77H147NO5/c1-3-5-7-9-11-13-15-17-19-21-23-24-30-34-37-41-45-49-53-57-61-65-69-75(80)74(73-79)78-76(81)70-66-62-58-54-50-46-42-38-35-31-28-26-25-27-29-32-36-40-44-48-52-56-60-64-68-72-83-77(82)71-67-63-59-55-51-47-43-39-33-22-20-18-16-14-12-10-8-6-4-2/h26-29,65,69,74-75,79-80H,3-25,30-64,66-68,70-73H2,1-2H3,(H,78,81)/b28-26-,29-27-,69-65+. The zero-order chi connectivity index (χ0) is 59.9. The molecule has 0 fully saturated rings. The molecule has 0 aromatic carbocycles. The topological polar surface area (TPSA) is 95.9 Å². The van der Waals surface area contributed by atoms with Crippen molar-refractivity contribution in [1.82, 2.24) is 5.32 Å². The second-order valence-corrected chi connectivity index (χ2v) is 26.0. The molecule has 1 amide bonds. The van der Waals surface area contributed by atoms with Gasteiger partial charge >= 0.3 is 5.97 Å². The van der Waals surface area contributed by atoms with E-state index in [9.17, 15) is 19.8 Å². The number of amides is 1. The summed E-state index contributed by atoms with van der Waals surface area (Å²) in [4.78, 5) is 24.7. The average molecular weight is 1170 g/mol. The summed E-state index contributed by atoms with van der Waals surface area (Å²) in [5, 5.41) is 23.3. The molecule has 0 saturated carbocycles. The lowest BCUT2D eigenvalue weighted by atomic mass is 10.0. The van der Waals surface area contributed by atoms with Gasteiger partial charge in [0.25, 0.3) is 0 Å². The molecule has 0 aromatic heterocycles. The lowest BCUT2D eigenvalue weighted by Gasteiger charge is -2.20. The molecule has 2 atom stereocenters. The summed E-state index contributed by atoms with van der Waals surface area (Å²) < 4.78 is 5.51. The molecule has 6 nitrogen and oxygen atoms in total. The normalized spacial score (nSPS) is 12.7. The fraction of sp³-hybridized carbons (Fsp3) is 0.896. The number of aliphatic hydroxyl groups is 2. The molecule has 0 spiro atoms. The summed E-state index contributed by atoms with van der Waals surface area (Å²) in [6, 6.07) is -0.634. The van der Waals surface area contributed by atoms with Crippen LogP contribution < -0.4 is 5.32 Å². The SMILES string of the molecule is CCCCCCCCCCCCCCCCCCCCCC/C=C/C(O)C(CO)NC(=O)CCCCCCCCCCC/C=C\C/C=C\CCCCCCCCCCCOC(=O)CCCCCCCCCCCCCCCCCCCCC. The van der Waals surface area contributed by atoms with Gasteiger partial charge in [0, 0.05) is 12.8 Å². The van der Waals surface area contributed by atoms with Crippen LogP contribution >= 0.6 is 0 Å². The minimum absolute atomic E-state index is 0.0141. The molecule has 83 heavy (non-hydrogen) atoms. The number of unbranched alkanes of at least 4 members (excludes halogenated alkanes) is 56. The lowest BCUT2D eigenvalue weighted by molar-refractivity contribution is -0.143. The number of ether oxygens (including phenoxy) is 1. The van der Waals surface area contributed by atoms with Gasteiger partial charge in [-0.15, -0.1) is 0 Å². The highest BCUT2D eigenvalue weighted by atomic mass is 16.5. The Hall–Kier alpha value is -1.92. The van der Waals surface area contributed by atoms with Gasteiger partial charge in [-0.3, -0.25) is 9.59 Å². The molecule has 0 aromatic rings. The smallest absolute Gasteiger partial charge is 0.305 e. The Morgan fingerprint density at radius 2 is 0.602 bits per heavy atom. The van der Waals surface area contributed by atoms with E-state index in [0.717, 1.165) is 44.9 Å². The maximum Gasteiger partial charge on any atom is 0.305 e. The van der Waals surface area contributed by atoms with Crippen LogP contribution in [0.15, 0.2) is 36.5 Å². The summed E-state index contributed by atoms with van der Waals surface area (Å²) in [6.45, 7) is 4.95. The van der Waals surface area contributed by atoms with Gasteiger partial charge < -0.3 is 20.3 Å². The van der Waals surface area contributed by atoms with Crippen molar-refractivity contribution in [2.75, 3.05) is 13.2 Å². The number of aliphatic hydroxyl groups excluding tert-OH is 2. The van der Waals surface area contributed by atoms with E-state index in [1.807, 2.05) is 6.08 Å². The molecule has 0 aliphatic heterocycles. The largest absolute Gasteiger partial charge is 0.466 e. The van der Waals surface area contributed by atoms with E-state index in [1.165, 1.54) is 347 Å². The molecule has 0 saturated heterocycles. The second-order valence-electron chi connectivity index (χ2n) is 26.0. The van der Waals surface area contributed by atoms with Crippen molar-refractivity contribution in [2.45, 2.75) is 431 Å². The molecule has 0 radical (unpaired) electrons. The van der Waals surface area contributed by atoms with Crippen molar-refractivity contribution in [1.29, 1.82) is 0 Å². The van der Waals surface area contributed by atoms with Gasteiger partial charge in [-0.2, -0.15) is 0 Å². The third-order valence-electron chi connectivity index (χ3n) is 17.7. The van der Waals surface area contributed by atoms with Crippen LogP contribution in [0.2, 0.25) is 0 Å². The van der Waals surface area contributed by atoms with Gasteiger partial charge in [-0.25, -0.2) is 0 Å². The Bertz CT molecular complexity index is 1340. The number of rotatable bonds is 71. The minimum Gasteiger partial charge on any atom is -0.466 e. The first-order valence-corrected chi connectivity index (χ1v) is 37.8. The molecular formula is C77H147NO5. The fourth-order valence-electron chi connectivity index (χ4n) is 11.9. The third kappa shape index (κ3) is 69.1. The lowest BCUT2D eigenvalue weighted by Crippen LogP contribution is -2.45. The summed E-state index contributed by atoms with van der Waals surface area (Å²) in [7, 11) is 0. The van der Waals surface area contributed by atoms with E-state index in [2.05, 4.69) is 43.5 Å². The van der Waals surface area contributed by atoms with Crippen molar-refractivity contribution in [3.8, 4) is 0 Å². The number of esters is 1. The number of hydrogen-bond donors (Lipinski definition) is 3. The Kier molecular flexibility index (Phi) is 70.9. The van der Waals surface area contributed by atoms with Crippen LogP contribution in [-0.2, 0) is 14.3 Å². The number of carbonyl (C=O) groups excluding carboxylic acids is 2. The first kappa shape index (κ1) is 81.1. The maximum absolute atomic E-state index is 12.5. The van der Waals surface area contributed by atoms with E-state index in [-0.39, 0.29) is 18.5 Å². The minimum atomic E-state index is -0.850. The van der Waals surface area contributed by atoms with E-state index < -0.39 is 12.1 Å². The van der Waals surface area contributed by atoms with Crippen molar-refractivity contribution in [3.63, 3.8) is 0 Å². The quantitative estimate of drug-likeness (QED) is 0.0320. The van der Waals surface area contributed by atoms with Crippen LogP contribution in [0.3, 0.4) is 0 Å². The van der Waals surface area contributed by atoms with Crippen molar-refractivity contribution >= 4 is 11.9 Å². The molecule has 3 N–H and O–H groups in total. The van der Waals surface area contributed by atoms with Crippen LogP contribution in [0, 0.1) is 0 Å². The summed E-state index contributed by atoms with van der Waals surface area (Å²) in [5.74, 6) is -0.0560. The highest BCUT2D eigenvalue weighted by Crippen LogP contribution is 2.19. The van der Waals surface area contributed by atoms with Crippen molar-refractivity contribution in [2.24, 2.45) is 0 Å². The Balaban J connectivity index is 3.43. The predicted octanol–water partition coefficient (Wildman–Crippen LogP) is 24.7. The fourth-order valence-corrected chi connectivity index (χ4v) is 11.9. The first-order chi connectivity index (χ1) is 41.0. The highest BCUT2D eigenvalue weighted by Gasteiger charge is 2.18. The number of hydrogen-bond acceptors (Lipinski definition) is 5. The molecule has 0 heterocycles. The number of allylic oxidation sites excluding steroid dienone is 5. The molecule has 6 heteroatoms.